The highest BCUT2D eigenvalue weighted by Crippen LogP contribution is 2.25. The van der Waals surface area contributed by atoms with Gasteiger partial charge in [-0.1, -0.05) is 45.1 Å². The number of hydrogen-bond acceptors (Lipinski definition) is 2. The third kappa shape index (κ3) is 5.45. The van der Waals surface area contributed by atoms with Crippen molar-refractivity contribution in [2.75, 3.05) is 28.2 Å². The van der Waals surface area contributed by atoms with E-state index in [-0.39, 0.29) is 33.1 Å². The number of likely N-dealkylation sites (N-methyl/N-ethyl adjacent to an activating group) is 2. The van der Waals surface area contributed by atoms with Crippen molar-refractivity contribution < 1.29 is 18.6 Å². The Morgan fingerprint density at radius 3 is 1.39 bits per heavy atom. The maximum atomic E-state index is 13.2. The minimum Gasteiger partial charge on any atom is -0.303 e. The van der Waals surface area contributed by atoms with Gasteiger partial charge in [0.05, 0.1) is 38.4 Å². The summed E-state index contributed by atoms with van der Waals surface area (Å²) in [7, 11) is 11.0. The number of nitrogens with one attached hydrogen (secondary N) is 2. The van der Waals surface area contributed by atoms with Gasteiger partial charge in [0.2, 0.25) is 0 Å². The zero-order valence-corrected chi connectivity index (χ0v) is 19.2. The smallest absolute Gasteiger partial charge is 0.303 e. The molecule has 157 valence electrons. The van der Waals surface area contributed by atoms with Crippen molar-refractivity contribution in [3.05, 3.63) is 11.8 Å². The highest BCUT2D eigenvalue weighted by molar-refractivity contribution is 6.21. The SMILES string of the molecule is C=C([Si])C([N+](C)(C)C(=O)NC1CCCCC1)[N+](C)(C)C(=O)NC1CCCCC1. The molecule has 2 aliphatic carbocycles. The van der Waals surface area contributed by atoms with Gasteiger partial charge in [0.15, 0.2) is 0 Å². The van der Waals surface area contributed by atoms with Crippen LogP contribution in [0.4, 0.5) is 9.59 Å². The molecule has 2 fully saturated rings. The van der Waals surface area contributed by atoms with Crippen molar-refractivity contribution in [2.45, 2.75) is 82.5 Å². The largest absolute Gasteiger partial charge is 0.421 e. The number of rotatable bonds is 5. The summed E-state index contributed by atoms with van der Waals surface area (Å²) >= 11 is 0. The second kappa shape index (κ2) is 9.54. The van der Waals surface area contributed by atoms with E-state index < -0.39 is 6.17 Å². The summed E-state index contributed by atoms with van der Waals surface area (Å²) in [6.45, 7) is 4.07. The first-order chi connectivity index (χ1) is 13.1. The average molecular weight is 408 g/mol. The third-order valence-electron chi connectivity index (χ3n) is 6.45. The lowest BCUT2D eigenvalue weighted by Gasteiger charge is -2.44. The molecule has 0 atom stereocenters. The topological polar surface area (TPSA) is 58.2 Å². The third-order valence-corrected chi connectivity index (χ3v) is 6.71. The van der Waals surface area contributed by atoms with Crippen molar-refractivity contribution in [3.63, 3.8) is 0 Å². The molecular formula is C21H39N4O2Si+2. The van der Waals surface area contributed by atoms with Crippen molar-refractivity contribution in [1.29, 1.82) is 0 Å². The molecule has 6 nitrogen and oxygen atoms in total. The van der Waals surface area contributed by atoms with Crippen LogP contribution < -0.4 is 10.6 Å². The molecule has 0 unspecified atom stereocenters. The van der Waals surface area contributed by atoms with E-state index >= 15 is 0 Å². The lowest BCUT2D eigenvalue weighted by Crippen LogP contribution is -2.72. The van der Waals surface area contributed by atoms with Crippen LogP contribution in [0.3, 0.4) is 0 Å². The Morgan fingerprint density at radius 2 is 1.11 bits per heavy atom. The van der Waals surface area contributed by atoms with Gasteiger partial charge in [-0.2, -0.15) is 8.97 Å². The highest BCUT2D eigenvalue weighted by atomic mass is 28.1. The van der Waals surface area contributed by atoms with Gasteiger partial charge in [-0.25, -0.2) is 9.59 Å². The van der Waals surface area contributed by atoms with E-state index in [4.69, 9.17) is 0 Å². The van der Waals surface area contributed by atoms with E-state index in [1.807, 2.05) is 28.2 Å². The van der Waals surface area contributed by atoms with Crippen LogP contribution in [0.2, 0.25) is 0 Å². The second-order valence-corrected chi connectivity index (χ2v) is 10.2. The van der Waals surface area contributed by atoms with Gasteiger partial charge >= 0.3 is 12.1 Å². The molecule has 4 amide bonds. The zero-order valence-electron chi connectivity index (χ0n) is 18.2. The van der Waals surface area contributed by atoms with E-state index in [0.717, 1.165) is 51.4 Å². The fourth-order valence-corrected chi connectivity index (χ4v) is 5.54. The first-order valence-electron chi connectivity index (χ1n) is 10.8. The van der Waals surface area contributed by atoms with E-state index in [0.29, 0.717) is 5.20 Å². The molecule has 2 N–H and O–H groups in total. The fourth-order valence-electron chi connectivity index (χ4n) is 4.90. The summed E-state index contributed by atoms with van der Waals surface area (Å²) in [6, 6.07) is 0.337. The summed E-state index contributed by atoms with van der Waals surface area (Å²) in [4.78, 5) is 26.4. The number of quaternary nitrogens is 2. The van der Waals surface area contributed by atoms with Crippen LogP contribution in [-0.4, -0.2) is 77.7 Å². The molecule has 0 aromatic heterocycles. The number of amides is 4. The summed E-state index contributed by atoms with van der Waals surface area (Å²) in [6.07, 6.45) is 10.8. The van der Waals surface area contributed by atoms with Crippen LogP contribution in [0.1, 0.15) is 64.2 Å². The van der Waals surface area contributed by atoms with Crippen LogP contribution in [0.15, 0.2) is 11.8 Å². The van der Waals surface area contributed by atoms with E-state index in [1.165, 1.54) is 12.8 Å². The van der Waals surface area contributed by atoms with Gasteiger partial charge in [-0.05, 0) is 25.7 Å². The number of carbonyl (C=O) groups is 2. The highest BCUT2D eigenvalue weighted by Gasteiger charge is 2.51. The van der Waals surface area contributed by atoms with Crippen molar-refractivity contribution in [2.24, 2.45) is 0 Å². The summed E-state index contributed by atoms with van der Waals surface area (Å²) in [5.41, 5.74) is 0. The predicted octanol–water partition coefficient (Wildman–Crippen LogP) is 3.23. The van der Waals surface area contributed by atoms with Gasteiger partial charge < -0.3 is 10.6 Å². The minimum absolute atomic E-state index is 0.0178. The maximum Gasteiger partial charge on any atom is 0.421 e. The molecule has 0 aliphatic heterocycles. The summed E-state index contributed by atoms with van der Waals surface area (Å²) in [5.74, 6) is 0. The Balaban J connectivity index is 2.14. The second-order valence-electron chi connectivity index (χ2n) is 9.55. The van der Waals surface area contributed by atoms with Gasteiger partial charge in [0.25, 0.3) is 6.17 Å². The number of carbonyl (C=O) groups excluding carboxylic acids is 2. The predicted molar refractivity (Wildman–Crippen MR) is 114 cm³/mol. The summed E-state index contributed by atoms with van der Waals surface area (Å²) in [5, 5.41) is 7.08. The van der Waals surface area contributed by atoms with Crippen LogP contribution >= 0.6 is 0 Å². The van der Waals surface area contributed by atoms with Gasteiger partial charge in [-0.3, -0.25) is 0 Å². The molecule has 2 aliphatic rings. The quantitative estimate of drug-likeness (QED) is 0.418. The van der Waals surface area contributed by atoms with Crippen LogP contribution in [0.5, 0.6) is 0 Å². The molecule has 0 saturated heterocycles. The zero-order chi connectivity index (χ0) is 20.9. The molecular weight excluding hydrogens is 368 g/mol. The van der Waals surface area contributed by atoms with Crippen molar-refractivity contribution in [3.8, 4) is 0 Å². The van der Waals surface area contributed by atoms with Crippen molar-refractivity contribution in [1.82, 2.24) is 10.6 Å². The maximum absolute atomic E-state index is 13.2. The fraction of sp³-hybridized carbons (Fsp3) is 0.810. The molecule has 0 bridgehead atoms. The van der Waals surface area contributed by atoms with E-state index in [1.54, 1.807) is 0 Å². The standard InChI is InChI=1S/C21H37N4O2Si/c1-16(28)19(24(2,3)20(26)22-17-12-8-6-9-13-17)25(4,5)21(27)23-18-14-10-7-11-15-18/h17-19H,1,6-15H2,2-5H3/p+2. The minimum atomic E-state index is -0.441. The molecule has 0 spiro atoms. The van der Waals surface area contributed by atoms with E-state index in [9.17, 15) is 9.59 Å². The lowest BCUT2D eigenvalue weighted by atomic mass is 9.95. The molecule has 7 heteroatoms. The number of nitrogens with zero attached hydrogens (tertiary/aromatic N) is 2. The summed E-state index contributed by atoms with van der Waals surface area (Å²) < 4.78 is 0.0356. The lowest BCUT2D eigenvalue weighted by molar-refractivity contribution is -1.02. The van der Waals surface area contributed by atoms with Crippen LogP contribution in [-0.2, 0) is 0 Å². The first-order valence-corrected chi connectivity index (χ1v) is 11.3. The molecule has 0 heterocycles. The Labute approximate surface area is 174 Å². The monoisotopic (exact) mass is 407 g/mol. The van der Waals surface area contributed by atoms with Gasteiger partial charge in [0.1, 0.15) is 0 Å². The molecule has 3 radical (unpaired) electrons. The number of hydrogen-bond donors (Lipinski definition) is 2. The normalized spacial score (nSPS) is 20.1. The van der Waals surface area contributed by atoms with Crippen LogP contribution in [0.25, 0.3) is 0 Å². The number of urea groups is 2. The molecule has 2 rings (SSSR count). The van der Waals surface area contributed by atoms with Crippen molar-refractivity contribution >= 4 is 22.3 Å². The Hall–Kier alpha value is -1.18. The van der Waals surface area contributed by atoms with Gasteiger partial charge in [0, 0.05) is 17.3 Å². The molecule has 0 aromatic carbocycles. The van der Waals surface area contributed by atoms with E-state index in [2.05, 4.69) is 27.5 Å². The van der Waals surface area contributed by atoms with Crippen LogP contribution in [0, 0.1) is 0 Å². The first kappa shape index (κ1) is 23.1. The average Bonchev–Trinajstić information content (AvgIpc) is 2.62. The Morgan fingerprint density at radius 1 is 0.786 bits per heavy atom. The molecule has 2 saturated carbocycles. The molecule has 28 heavy (non-hydrogen) atoms. The molecule has 0 aromatic rings. The Bertz CT molecular complexity index is 535. The Kier molecular flexibility index (Phi) is 7.87. The van der Waals surface area contributed by atoms with Gasteiger partial charge in [-0.15, -0.1) is 0 Å².